The average Bonchev–Trinajstić information content (AvgIpc) is 4.03. The molecule has 0 atom stereocenters. The first kappa shape index (κ1) is 49.8. The summed E-state index contributed by atoms with van der Waals surface area (Å²) in [5.41, 5.74) is -6.09. The molecule has 2 aliphatic heterocycles. The normalized spacial score (nSPS) is 14.8. The number of benzene rings is 4. The van der Waals surface area contributed by atoms with Crippen molar-refractivity contribution in [1.29, 1.82) is 0 Å². The van der Waals surface area contributed by atoms with Gasteiger partial charge in [0, 0.05) is 34.8 Å². The molecule has 0 fully saturated rings. The van der Waals surface area contributed by atoms with E-state index >= 15 is 4.39 Å². The molecule has 29 heteroatoms. The number of halogens is 11. The first-order chi connectivity index (χ1) is 32.2. The van der Waals surface area contributed by atoms with Crippen molar-refractivity contribution < 1.29 is 60.7 Å². The van der Waals surface area contributed by atoms with Crippen LogP contribution in [0.3, 0.4) is 0 Å². The Morgan fingerprint density at radius 2 is 1.04 bits per heavy atom. The van der Waals surface area contributed by atoms with E-state index in [0.717, 1.165) is 67.3 Å². The van der Waals surface area contributed by atoms with Crippen LogP contribution in [0.4, 0.5) is 55.3 Å². The molecule has 0 unspecified atom stereocenters. The van der Waals surface area contributed by atoms with Gasteiger partial charge >= 0.3 is 12.4 Å². The van der Waals surface area contributed by atoms with Gasteiger partial charge in [0.25, 0.3) is 0 Å². The Hall–Kier alpha value is -6.62. The van der Waals surface area contributed by atoms with E-state index in [1.54, 1.807) is 40.7 Å². The zero-order valence-electron chi connectivity index (χ0n) is 36.9. The molecule has 16 nitrogen and oxygen atoms in total. The van der Waals surface area contributed by atoms with Gasteiger partial charge in [0.1, 0.15) is 40.2 Å². The van der Waals surface area contributed by atoms with Gasteiger partial charge in [-0.05, 0) is 125 Å². The van der Waals surface area contributed by atoms with Gasteiger partial charge in [0.05, 0.1) is 56.0 Å². The monoisotopic (exact) mass is 1090 g/mol. The maximum absolute atomic E-state index is 15.5. The fourth-order valence-corrected chi connectivity index (χ4v) is 10.4. The van der Waals surface area contributed by atoms with E-state index in [1.807, 2.05) is 0 Å². The molecule has 0 saturated carbocycles. The Balaban J connectivity index is 0.000000155. The molecular weight excluding hydrogens is 1060 g/mol. The number of aromatic nitrogens is 10. The highest BCUT2D eigenvalue weighted by Gasteiger charge is 2.46. The largest absolute Gasteiger partial charge is 0.419 e. The van der Waals surface area contributed by atoms with Crippen LogP contribution < -0.4 is 10.6 Å². The Labute approximate surface area is 397 Å². The molecule has 0 saturated heterocycles. The number of tetrazole rings is 2. The molecule has 0 bridgehead atoms. The molecule has 0 amide bonds. The van der Waals surface area contributed by atoms with Crippen LogP contribution in [0, 0.1) is 30.2 Å². The number of hydrogen-bond acceptors (Lipinski definition) is 12. The summed E-state index contributed by atoms with van der Waals surface area (Å²) < 4.78 is 190. The van der Waals surface area contributed by atoms with Gasteiger partial charge in [-0.2, -0.15) is 35.7 Å². The third-order valence-electron chi connectivity index (χ3n) is 11.1. The molecule has 0 radical (unpaired) electrons. The van der Waals surface area contributed by atoms with Gasteiger partial charge in [-0.25, -0.2) is 42.3 Å². The van der Waals surface area contributed by atoms with E-state index in [4.69, 9.17) is 0 Å². The van der Waals surface area contributed by atoms with Gasteiger partial charge in [-0.1, -0.05) is 0 Å². The standard InChI is InChI=1S/C20H15F5N6O2S.C11H8BrF4N5.C10H10FNO2S/c1-19(2)18-27-28-29-31(18)17-13(26-19)8-12(22)15(16(17)20(23,24)25)11-6-9(21)7-14-10(11)4-5-30(14)34(3,32)33;1-10(2)9-18-19-20-21(9)8-5(17-10)3-4(13)7(12)6(8)11(14,15)16;1-7-5-8(11)6-10-9(7)3-4-12(10)15(2,13)14/h4-8,26H,1-3H3;3,17H,1-2H3;3-6H,1-2H3. The lowest BCUT2D eigenvalue weighted by molar-refractivity contribution is -0.138. The number of nitrogens with one attached hydrogen (secondary N) is 2. The Morgan fingerprint density at radius 3 is 1.51 bits per heavy atom. The lowest BCUT2D eigenvalue weighted by Crippen LogP contribution is -2.37. The van der Waals surface area contributed by atoms with Crippen LogP contribution in [0.25, 0.3) is 44.3 Å². The number of hydrogen-bond donors (Lipinski definition) is 2. The molecule has 4 aromatic heterocycles. The van der Waals surface area contributed by atoms with E-state index < -0.39 is 99.2 Å². The Bertz CT molecular complexity index is 3700. The predicted octanol–water partition coefficient (Wildman–Crippen LogP) is 9.19. The van der Waals surface area contributed by atoms with Crippen LogP contribution in [0.2, 0.25) is 0 Å². The van der Waals surface area contributed by atoms with Gasteiger partial charge in [0.15, 0.2) is 11.6 Å². The number of anilines is 2. The van der Waals surface area contributed by atoms with Gasteiger partial charge in [-0.3, -0.25) is 0 Å². The summed E-state index contributed by atoms with van der Waals surface area (Å²) in [6.45, 7) is 8.34. The van der Waals surface area contributed by atoms with E-state index in [2.05, 4.69) is 57.6 Å². The summed E-state index contributed by atoms with van der Waals surface area (Å²) in [5.74, 6) is -3.51. The summed E-state index contributed by atoms with van der Waals surface area (Å²) in [5, 5.41) is 28.1. The molecule has 2 N–H and O–H groups in total. The van der Waals surface area contributed by atoms with E-state index in [0.29, 0.717) is 9.49 Å². The van der Waals surface area contributed by atoms with Crippen LogP contribution in [-0.2, 0) is 43.5 Å². The summed E-state index contributed by atoms with van der Waals surface area (Å²) in [4.78, 5) is 0. The van der Waals surface area contributed by atoms with E-state index in [-0.39, 0.29) is 39.6 Å². The molecule has 6 heterocycles. The van der Waals surface area contributed by atoms with Crippen LogP contribution in [0.15, 0.2) is 65.4 Å². The average molecular weight is 1090 g/mol. The molecule has 4 aromatic carbocycles. The lowest BCUT2D eigenvalue weighted by Gasteiger charge is -2.34. The van der Waals surface area contributed by atoms with Gasteiger partial charge in [0.2, 0.25) is 20.0 Å². The molecule has 370 valence electrons. The van der Waals surface area contributed by atoms with Crippen LogP contribution in [-0.4, -0.2) is 77.7 Å². The van der Waals surface area contributed by atoms with Crippen molar-refractivity contribution in [1.82, 2.24) is 48.4 Å². The third kappa shape index (κ3) is 8.59. The highest BCUT2D eigenvalue weighted by molar-refractivity contribution is 9.10. The minimum Gasteiger partial charge on any atom is -0.371 e. The summed E-state index contributed by atoms with van der Waals surface area (Å²) in [6.07, 6.45) is -5.44. The van der Waals surface area contributed by atoms with Crippen LogP contribution in [0.1, 0.15) is 56.0 Å². The minimum atomic E-state index is -5.12. The summed E-state index contributed by atoms with van der Waals surface area (Å²) >= 11 is 2.66. The smallest absolute Gasteiger partial charge is 0.371 e. The molecule has 0 aliphatic carbocycles. The molecule has 2 aliphatic rings. The Kier molecular flexibility index (Phi) is 11.7. The first-order valence-electron chi connectivity index (χ1n) is 19.9. The van der Waals surface area contributed by atoms with Crippen molar-refractivity contribution in [3.8, 4) is 22.5 Å². The number of alkyl halides is 6. The highest BCUT2D eigenvalue weighted by Crippen LogP contribution is 2.50. The molecule has 0 spiro atoms. The van der Waals surface area contributed by atoms with Crippen molar-refractivity contribution in [2.24, 2.45) is 0 Å². The first-order valence-corrected chi connectivity index (χ1v) is 24.4. The molecule has 8 aromatic rings. The van der Waals surface area contributed by atoms with Crippen molar-refractivity contribution in [3.05, 3.63) is 117 Å². The van der Waals surface area contributed by atoms with Crippen molar-refractivity contribution >= 4 is 69.2 Å². The van der Waals surface area contributed by atoms with Crippen molar-refractivity contribution in [2.45, 2.75) is 58.0 Å². The number of aryl methyl sites for hydroxylation is 1. The second kappa shape index (κ2) is 16.5. The fourth-order valence-electron chi connectivity index (χ4n) is 8.25. The van der Waals surface area contributed by atoms with Crippen molar-refractivity contribution in [2.75, 3.05) is 23.1 Å². The molecule has 10 rings (SSSR count). The Morgan fingerprint density at radius 1 is 0.614 bits per heavy atom. The zero-order chi connectivity index (χ0) is 51.6. The van der Waals surface area contributed by atoms with Crippen LogP contribution >= 0.6 is 15.9 Å². The number of nitrogens with zero attached hydrogens (tertiary/aromatic N) is 10. The molecular formula is C41H33BrF10N12O4S2. The zero-order valence-corrected chi connectivity index (χ0v) is 40.1. The minimum absolute atomic E-state index is 0.0205. The second-order valence-corrected chi connectivity index (χ2v) is 21.6. The van der Waals surface area contributed by atoms with Gasteiger partial charge < -0.3 is 10.6 Å². The van der Waals surface area contributed by atoms with Crippen molar-refractivity contribution in [3.63, 3.8) is 0 Å². The maximum Gasteiger partial charge on any atom is 0.419 e. The quantitative estimate of drug-likeness (QED) is 0.160. The summed E-state index contributed by atoms with van der Waals surface area (Å²) in [7, 11) is -7.29. The summed E-state index contributed by atoms with van der Waals surface area (Å²) in [6, 6.07) is 8.90. The second-order valence-electron chi connectivity index (χ2n) is 17.1. The fraction of sp³-hybridized carbons (Fsp3) is 0.268. The lowest BCUT2D eigenvalue weighted by atomic mass is 9.91. The topological polar surface area (TPSA) is 189 Å². The highest BCUT2D eigenvalue weighted by atomic mass is 79.9. The SMILES string of the molecule is CC1(C)Nc2cc(F)c(-c3cc(F)cc4c3ccn4S(C)(=O)=O)c(C(F)(F)F)c2-n2nnnc21.CC1(C)Nc2cc(F)c(Br)c(C(F)(F)F)c2-n2nnnc21.Cc1cc(F)cc2c1ccn2S(C)(=O)=O. The van der Waals surface area contributed by atoms with Gasteiger partial charge in [-0.15, -0.1) is 10.2 Å². The number of rotatable bonds is 3. The maximum atomic E-state index is 15.5. The molecule has 70 heavy (non-hydrogen) atoms. The van der Waals surface area contributed by atoms with E-state index in [9.17, 15) is 56.3 Å². The van der Waals surface area contributed by atoms with E-state index in [1.165, 1.54) is 24.4 Å². The van der Waals surface area contributed by atoms with Crippen LogP contribution in [0.5, 0.6) is 0 Å². The third-order valence-corrected chi connectivity index (χ3v) is 13.9. The predicted molar refractivity (Wildman–Crippen MR) is 237 cm³/mol. The number of fused-ring (bicyclic) bond motifs is 8.